The van der Waals surface area contributed by atoms with Crippen molar-refractivity contribution in [3.05, 3.63) is 41.2 Å². The number of hydrogen-bond acceptors (Lipinski definition) is 5. The van der Waals surface area contributed by atoms with Crippen LogP contribution < -0.4 is 10.1 Å². The van der Waals surface area contributed by atoms with E-state index in [2.05, 4.69) is 21.4 Å². The number of anilines is 1. The minimum absolute atomic E-state index is 0.436. The Bertz CT molecular complexity index is 717. The molecule has 106 valence electrons. The average molecular weight is 280 g/mol. The molecule has 3 rings (SSSR count). The second-order valence-corrected chi connectivity index (χ2v) is 5.09. The molecule has 2 aromatic rings. The minimum Gasteiger partial charge on any atom is -0.437 e. The molecule has 1 aromatic carbocycles. The van der Waals surface area contributed by atoms with Gasteiger partial charge < -0.3 is 10.1 Å². The summed E-state index contributed by atoms with van der Waals surface area (Å²) in [7, 11) is 1.83. The molecule has 1 aromatic heterocycles. The maximum Gasteiger partial charge on any atom is 0.227 e. The lowest BCUT2D eigenvalue weighted by Crippen LogP contribution is -2.05. The summed E-state index contributed by atoms with van der Waals surface area (Å²) in [4.78, 5) is 9.06. The highest BCUT2D eigenvalue weighted by molar-refractivity contribution is 5.51. The van der Waals surface area contributed by atoms with Crippen LogP contribution >= 0.6 is 0 Å². The van der Waals surface area contributed by atoms with E-state index >= 15 is 0 Å². The van der Waals surface area contributed by atoms with Crippen LogP contribution in [0.2, 0.25) is 0 Å². The molecule has 1 fully saturated rings. The lowest BCUT2D eigenvalue weighted by Gasteiger charge is -2.13. The first-order valence-corrected chi connectivity index (χ1v) is 6.96. The maximum absolute atomic E-state index is 9.14. The summed E-state index contributed by atoms with van der Waals surface area (Å²) in [6, 6.07) is 9.29. The van der Waals surface area contributed by atoms with Crippen LogP contribution in [0.5, 0.6) is 11.6 Å². The van der Waals surface area contributed by atoms with Crippen molar-refractivity contribution in [1.82, 2.24) is 9.97 Å². The molecule has 5 heteroatoms. The molecule has 0 atom stereocenters. The maximum atomic E-state index is 9.14. The number of rotatable bonds is 4. The third-order valence-corrected chi connectivity index (χ3v) is 3.51. The highest BCUT2D eigenvalue weighted by atomic mass is 16.5. The fraction of sp³-hybridized carbons (Fsp3) is 0.312. The number of benzene rings is 1. The van der Waals surface area contributed by atoms with Crippen LogP contribution in [0.3, 0.4) is 0 Å². The number of para-hydroxylation sites is 1. The Labute approximate surface area is 123 Å². The summed E-state index contributed by atoms with van der Waals surface area (Å²) in [6.45, 7) is 1.91. The average Bonchev–Trinajstić information content (AvgIpc) is 3.34. The van der Waals surface area contributed by atoms with Crippen molar-refractivity contribution in [2.45, 2.75) is 25.7 Å². The van der Waals surface area contributed by atoms with Crippen LogP contribution in [0.1, 0.15) is 35.7 Å². The van der Waals surface area contributed by atoms with Crippen molar-refractivity contribution in [3.8, 4) is 17.7 Å². The smallest absolute Gasteiger partial charge is 0.227 e. The standard InChI is InChI=1S/C16H16N4O/c1-10-14(18-2)19-15(11-7-8-11)20-16(10)21-13-6-4-3-5-12(13)9-17/h3-6,11H,7-8H2,1-2H3,(H,18,19,20). The van der Waals surface area contributed by atoms with Crippen LogP contribution in [0.15, 0.2) is 24.3 Å². The topological polar surface area (TPSA) is 70.8 Å². The molecule has 1 N–H and O–H groups in total. The number of nitrogens with one attached hydrogen (secondary N) is 1. The quantitative estimate of drug-likeness (QED) is 0.929. The third kappa shape index (κ3) is 2.65. The molecule has 1 saturated carbocycles. The number of aromatic nitrogens is 2. The van der Waals surface area contributed by atoms with Crippen LogP contribution in [-0.2, 0) is 0 Å². The molecule has 1 aliphatic carbocycles. The fourth-order valence-electron chi connectivity index (χ4n) is 2.13. The molecule has 21 heavy (non-hydrogen) atoms. The van der Waals surface area contributed by atoms with Crippen molar-refractivity contribution in [2.24, 2.45) is 0 Å². The zero-order valence-electron chi connectivity index (χ0n) is 12.1. The van der Waals surface area contributed by atoms with E-state index in [9.17, 15) is 0 Å². The van der Waals surface area contributed by atoms with E-state index in [1.165, 1.54) is 0 Å². The van der Waals surface area contributed by atoms with E-state index < -0.39 is 0 Å². The highest BCUT2D eigenvalue weighted by Crippen LogP contribution is 2.40. The fourth-order valence-corrected chi connectivity index (χ4v) is 2.13. The number of nitriles is 1. The van der Waals surface area contributed by atoms with Gasteiger partial charge in [-0.05, 0) is 31.9 Å². The molecule has 0 unspecified atom stereocenters. The van der Waals surface area contributed by atoms with E-state index in [1.54, 1.807) is 12.1 Å². The van der Waals surface area contributed by atoms with Gasteiger partial charge in [-0.3, -0.25) is 0 Å². The van der Waals surface area contributed by atoms with Gasteiger partial charge in [0.15, 0.2) is 0 Å². The predicted molar refractivity (Wildman–Crippen MR) is 79.5 cm³/mol. The molecule has 0 amide bonds. The summed E-state index contributed by atoms with van der Waals surface area (Å²) in [6.07, 6.45) is 2.25. The molecule has 0 bridgehead atoms. The first kappa shape index (κ1) is 13.4. The van der Waals surface area contributed by atoms with Crippen molar-refractivity contribution >= 4 is 5.82 Å². The summed E-state index contributed by atoms with van der Waals surface area (Å²) in [5.41, 5.74) is 1.34. The van der Waals surface area contributed by atoms with Crippen LogP contribution in [0, 0.1) is 18.3 Å². The monoisotopic (exact) mass is 280 g/mol. The summed E-state index contributed by atoms with van der Waals surface area (Å²) in [5.74, 6) is 3.06. The molecule has 0 aliphatic heterocycles. The van der Waals surface area contributed by atoms with Gasteiger partial charge in [0.2, 0.25) is 5.88 Å². The van der Waals surface area contributed by atoms with Crippen molar-refractivity contribution in [3.63, 3.8) is 0 Å². The number of hydrogen-bond donors (Lipinski definition) is 1. The van der Waals surface area contributed by atoms with Gasteiger partial charge >= 0.3 is 0 Å². The van der Waals surface area contributed by atoms with E-state index in [4.69, 9.17) is 10.00 Å². The SMILES string of the molecule is CNc1nc(C2CC2)nc(Oc2ccccc2C#N)c1C. The zero-order valence-corrected chi connectivity index (χ0v) is 12.1. The van der Waals surface area contributed by atoms with Gasteiger partial charge in [0.05, 0.1) is 11.1 Å². The Morgan fingerprint density at radius 2 is 2.05 bits per heavy atom. The minimum atomic E-state index is 0.436. The molecule has 0 spiro atoms. The second kappa shape index (κ2) is 5.41. The number of nitrogens with zero attached hydrogens (tertiary/aromatic N) is 3. The van der Waals surface area contributed by atoms with E-state index in [-0.39, 0.29) is 0 Å². The lowest BCUT2D eigenvalue weighted by molar-refractivity contribution is 0.453. The van der Waals surface area contributed by atoms with Gasteiger partial charge in [-0.1, -0.05) is 12.1 Å². The Hall–Kier alpha value is -2.61. The van der Waals surface area contributed by atoms with E-state index in [1.807, 2.05) is 26.1 Å². The molecule has 0 radical (unpaired) electrons. The Morgan fingerprint density at radius 3 is 2.71 bits per heavy atom. The first-order valence-electron chi connectivity index (χ1n) is 6.96. The second-order valence-electron chi connectivity index (χ2n) is 5.09. The van der Waals surface area contributed by atoms with Crippen LogP contribution in [0.25, 0.3) is 0 Å². The van der Waals surface area contributed by atoms with Gasteiger partial charge in [0.1, 0.15) is 23.5 Å². The van der Waals surface area contributed by atoms with Crippen LogP contribution in [-0.4, -0.2) is 17.0 Å². The normalized spacial score (nSPS) is 13.6. The largest absolute Gasteiger partial charge is 0.437 e. The molecular weight excluding hydrogens is 264 g/mol. The van der Waals surface area contributed by atoms with Crippen molar-refractivity contribution in [2.75, 3.05) is 12.4 Å². The van der Waals surface area contributed by atoms with Gasteiger partial charge in [0.25, 0.3) is 0 Å². The molecular formula is C16H16N4O. The summed E-state index contributed by atoms with van der Waals surface area (Å²) >= 11 is 0. The molecule has 0 saturated heterocycles. The van der Waals surface area contributed by atoms with E-state index in [0.29, 0.717) is 23.1 Å². The molecule has 5 nitrogen and oxygen atoms in total. The summed E-state index contributed by atoms with van der Waals surface area (Å²) in [5, 5.41) is 12.2. The molecule has 1 aliphatic rings. The zero-order chi connectivity index (χ0) is 14.8. The van der Waals surface area contributed by atoms with Gasteiger partial charge in [0, 0.05) is 13.0 Å². The van der Waals surface area contributed by atoms with Crippen molar-refractivity contribution < 1.29 is 4.74 Å². The van der Waals surface area contributed by atoms with E-state index in [0.717, 1.165) is 30.0 Å². The summed E-state index contributed by atoms with van der Waals surface area (Å²) < 4.78 is 5.88. The Balaban J connectivity index is 2.01. The van der Waals surface area contributed by atoms with Crippen molar-refractivity contribution in [1.29, 1.82) is 5.26 Å². The Morgan fingerprint density at radius 1 is 1.29 bits per heavy atom. The lowest BCUT2D eigenvalue weighted by atomic mass is 10.2. The van der Waals surface area contributed by atoms with Gasteiger partial charge in [-0.25, -0.2) is 4.98 Å². The predicted octanol–water partition coefficient (Wildman–Crippen LogP) is 3.37. The Kier molecular flexibility index (Phi) is 3.44. The highest BCUT2D eigenvalue weighted by Gasteiger charge is 2.28. The van der Waals surface area contributed by atoms with Gasteiger partial charge in [-0.2, -0.15) is 10.2 Å². The first-order chi connectivity index (χ1) is 10.2. The van der Waals surface area contributed by atoms with Gasteiger partial charge in [-0.15, -0.1) is 0 Å². The third-order valence-electron chi connectivity index (χ3n) is 3.51. The molecule has 1 heterocycles. The number of ether oxygens (including phenoxy) is 1. The van der Waals surface area contributed by atoms with Crippen LogP contribution in [0.4, 0.5) is 5.82 Å².